The molecule has 0 spiro atoms. The Labute approximate surface area is 115 Å². The summed E-state index contributed by atoms with van der Waals surface area (Å²) in [6.45, 7) is 8.12. The molecular formula is C14H24N2O3. The average molecular weight is 268 g/mol. The lowest BCUT2D eigenvalue weighted by Crippen LogP contribution is -2.35. The monoisotopic (exact) mass is 268 g/mol. The molecule has 5 heteroatoms. The molecule has 1 rings (SSSR count). The first-order valence-electron chi connectivity index (χ1n) is 7.08. The third-order valence-electron chi connectivity index (χ3n) is 3.52. The second kappa shape index (κ2) is 7.26. The second-order valence-electron chi connectivity index (χ2n) is 4.79. The maximum atomic E-state index is 12.3. The van der Waals surface area contributed by atoms with Crippen molar-refractivity contribution in [3.05, 3.63) is 0 Å². The number of carbonyl (C=O) groups is 2. The molecule has 0 bridgehead atoms. The van der Waals surface area contributed by atoms with Gasteiger partial charge in [0.25, 0.3) is 5.91 Å². The molecule has 1 aliphatic heterocycles. The van der Waals surface area contributed by atoms with Crippen LogP contribution >= 0.6 is 0 Å². The van der Waals surface area contributed by atoms with Gasteiger partial charge in [-0.15, -0.1) is 0 Å². The molecule has 1 atom stereocenters. The SMILES string of the molecule is CCOC(=O)CCC1C(=O)N(C(CC)CC)N=C1C. The molecule has 1 aliphatic rings. The molecule has 0 aromatic rings. The number of hydrogen-bond donors (Lipinski definition) is 0. The van der Waals surface area contributed by atoms with Crippen molar-refractivity contribution in [2.75, 3.05) is 6.61 Å². The van der Waals surface area contributed by atoms with Crippen LogP contribution in [0.3, 0.4) is 0 Å². The zero-order chi connectivity index (χ0) is 14.4. The van der Waals surface area contributed by atoms with E-state index in [1.54, 1.807) is 11.9 Å². The van der Waals surface area contributed by atoms with E-state index in [1.165, 1.54) is 0 Å². The Hall–Kier alpha value is -1.39. The van der Waals surface area contributed by atoms with Crippen molar-refractivity contribution in [2.24, 2.45) is 11.0 Å². The minimum Gasteiger partial charge on any atom is -0.466 e. The summed E-state index contributed by atoms with van der Waals surface area (Å²) in [4.78, 5) is 23.7. The van der Waals surface area contributed by atoms with Gasteiger partial charge < -0.3 is 4.74 Å². The standard InChI is InChI=1S/C14H24N2O3/c1-5-11(6-2)16-14(18)12(10(4)15-16)8-9-13(17)19-7-3/h11-12H,5-9H2,1-4H3. The van der Waals surface area contributed by atoms with Crippen molar-refractivity contribution in [2.45, 2.75) is 59.4 Å². The van der Waals surface area contributed by atoms with Crippen LogP contribution in [0.15, 0.2) is 5.10 Å². The van der Waals surface area contributed by atoms with E-state index in [9.17, 15) is 9.59 Å². The summed E-state index contributed by atoms with van der Waals surface area (Å²) in [5.41, 5.74) is 0.807. The van der Waals surface area contributed by atoms with Crippen LogP contribution in [0.25, 0.3) is 0 Å². The quantitative estimate of drug-likeness (QED) is 0.666. The number of ether oxygens (including phenoxy) is 1. The van der Waals surface area contributed by atoms with Crippen LogP contribution < -0.4 is 0 Å². The van der Waals surface area contributed by atoms with E-state index in [1.807, 2.05) is 6.92 Å². The molecule has 1 unspecified atom stereocenters. The minimum absolute atomic E-state index is 0.0236. The predicted molar refractivity (Wildman–Crippen MR) is 73.7 cm³/mol. The van der Waals surface area contributed by atoms with E-state index < -0.39 is 0 Å². The van der Waals surface area contributed by atoms with Crippen LogP contribution in [0.4, 0.5) is 0 Å². The molecule has 0 saturated carbocycles. The Morgan fingerprint density at radius 2 is 2.00 bits per heavy atom. The Balaban J connectivity index is 2.60. The lowest BCUT2D eigenvalue weighted by molar-refractivity contribution is -0.143. The van der Waals surface area contributed by atoms with Crippen LogP contribution in [0, 0.1) is 5.92 Å². The van der Waals surface area contributed by atoms with E-state index in [0.29, 0.717) is 13.0 Å². The van der Waals surface area contributed by atoms with Crippen molar-refractivity contribution in [3.8, 4) is 0 Å². The summed E-state index contributed by atoms with van der Waals surface area (Å²) >= 11 is 0. The Kier molecular flexibility index (Phi) is 5.99. The number of hydrazone groups is 1. The second-order valence-corrected chi connectivity index (χ2v) is 4.79. The molecule has 0 aromatic carbocycles. The minimum atomic E-state index is -0.259. The average Bonchev–Trinajstić information content (AvgIpc) is 2.65. The summed E-state index contributed by atoms with van der Waals surface area (Å²) in [5.74, 6) is -0.482. The zero-order valence-electron chi connectivity index (χ0n) is 12.3. The molecular weight excluding hydrogens is 244 g/mol. The molecule has 19 heavy (non-hydrogen) atoms. The first kappa shape index (κ1) is 15.7. The summed E-state index contributed by atoms with van der Waals surface area (Å²) in [6, 6.07) is 0.162. The van der Waals surface area contributed by atoms with Crippen LogP contribution in [0.1, 0.15) is 53.4 Å². The van der Waals surface area contributed by atoms with Crippen molar-refractivity contribution in [1.29, 1.82) is 0 Å². The van der Waals surface area contributed by atoms with E-state index in [2.05, 4.69) is 18.9 Å². The zero-order valence-corrected chi connectivity index (χ0v) is 12.3. The van der Waals surface area contributed by atoms with Crippen LogP contribution in [0.5, 0.6) is 0 Å². The molecule has 0 fully saturated rings. The van der Waals surface area contributed by atoms with Gasteiger partial charge in [0.15, 0.2) is 0 Å². The van der Waals surface area contributed by atoms with Crippen molar-refractivity contribution >= 4 is 17.6 Å². The normalized spacial score (nSPS) is 19.0. The highest BCUT2D eigenvalue weighted by Crippen LogP contribution is 2.24. The highest BCUT2D eigenvalue weighted by atomic mass is 16.5. The topological polar surface area (TPSA) is 59.0 Å². The van der Waals surface area contributed by atoms with Crippen molar-refractivity contribution < 1.29 is 14.3 Å². The maximum Gasteiger partial charge on any atom is 0.305 e. The van der Waals surface area contributed by atoms with Gasteiger partial charge >= 0.3 is 5.97 Å². The van der Waals surface area contributed by atoms with Crippen LogP contribution in [-0.4, -0.2) is 35.2 Å². The van der Waals surface area contributed by atoms with Gasteiger partial charge in [-0.25, -0.2) is 5.01 Å². The van der Waals surface area contributed by atoms with Crippen molar-refractivity contribution in [3.63, 3.8) is 0 Å². The fourth-order valence-corrected chi connectivity index (χ4v) is 2.35. The van der Waals surface area contributed by atoms with E-state index in [4.69, 9.17) is 4.74 Å². The number of esters is 1. The van der Waals surface area contributed by atoms with Gasteiger partial charge in [-0.05, 0) is 33.1 Å². The summed E-state index contributed by atoms with van der Waals surface area (Å²) in [6.07, 6.45) is 2.55. The number of nitrogens with zero attached hydrogens (tertiary/aromatic N) is 2. The lowest BCUT2D eigenvalue weighted by Gasteiger charge is -2.22. The first-order chi connectivity index (χ1) is 9.04. The van der Waals surface area contributed by atoms with Gasteiger partial charge in [0.05, 0.1) is 18.6 Å². The molecule has 0 saturated heterocycles. The Bertz CT molecular complexity index is 362. The molecule has 0 aromatic heterocycles. The molecule has 5 nitrogen and oxygen atoms in total. The van der Waals surface area contributed by atoms with Gasteiger partial charge in [0, 0.05) is 12.1 Å². The number of hydrogen-bond acceptors (Lipinski definition) is 4. The van der Waals surface area contributed by atoms with Crippen LogP contribution in [0.2, 0.25) is 0 Å². The third-order valence-corrected chi connectivity index (χ3v) is 3.52. The fourth-order valence-electron chi connectivity index (χ4n) is 2.35. The van der Waals surface area contributed by atoms with E-state index in [-0.39, 0.29) is 30.3 Å². The predicted octanol–water partition coefficient (Wildman–Crippen LogP) is 2.35. The summed E-state index contributed by atoms with van der Waals surface area (Å²) in [7, 11) is 0. The summed E-state index contributed by atoms with van der Waals surface area (Å²) in [5, 5.41) is 5.97. The number of rotatable bonds is 7. The fraction of sp³-hybridized carbons (Fsp3) is 0.786. The third kappa shape index (κ3) is 3.78. The van der Waals surface area contributed by atoms with Crippen molar-refractivity contribution in [1.82, 2.24) is 5.01 Å². The largest absolute Gasteiger partial charge is 0.466 e. The van der Waals surface area contributed by atoms with Crippen LogP contribution in [-0.2, 0) is 14.3 Å². The maximum absolute atomic E-state index is 12.3. The van der Waals surface area contributed by atoms with Gasteiger partial charge in [-0.2, -0.15) is 5.10 Å². The van der Waals surface area contributed by atoms with E-state index in [0.717, 1.165) is 18.6 Å². The first-order valence-corrected chi connectivity index (χ1v) is 7.08. The molecule has 1 heterocycles. The lowest BCUT2D eigenvalue weighted by atomic mass is 9.98. The van der Waals surface area contributed by atoms with Gasteiger partial charge in [0.2, 0.25) is 0 Å². The molecule has 0 radical (unpaired) electrons. The highest BCUT2D eigenvalue weighted by Gasteiger charge is 2.36. The highest BCUT2D eigenvalue weighted by molar-refractivity contribution is 6.07. The summed E-state index contributed by atoms with van der Waals surface area (Å²) < 4.78 is 4.89. The molecule has 108 valence electrons. The molecule has 0 N–H and O–H groups in total. The Morgan fingerprint density at radius 1 is 1.37 bits per heavy atom. The number of amides is 1. The van der Waals surface area contributed by atoms with Gasteiger partial charge in [-0.1, -0.05) is 13.8 Å². The molecule has 0 aliphatic carbocycles. The van der Waals surface area contributed by atoms with E-state index >= 15 is 0 Å². The Morgan fingerprint density at radius 3 is 2.53 bits per heavy atom. The molecule has 1 amide bonds. The number of carbonyl (C=O) groups excluding carboxylic acids is 2. The van der Waals surface area contributed by atoms with Gasteiger partial charge in [0.1, 0.15) is 0 Å². The van der Waals surface area contributed by atoms with Gasteiger partial charge in [-0.3, -0.25) is 9.59 Å². The smallest absolute Gasteiger partial charge is 0.305 e.